The summed E-state index contributed by atoms with van der Waals surface area (Å²) >= 11 is 0. The fourth-order valence-electron chi connectivity index (χ4n) is 5.35. The van der Waals surface area contributed by atoms with Gasteiger partial charge in [-0.05, 0) is 85.2 Å². The maximum absolute atomic E-state index is 14.2. The highest BCUT2D eigenvalue weighted by atomic mass is 19.1. The van der Waals surface area contributed by atoms with Crippen molar-refractivity contribution in [1.82, 2.24) is 10.2 Å². The Bertz CT molecular complexity index is 1330. The van der Waals surface area contributed by atoms with Crippen LogP contribution < -0.4 is 10.1 Å². The van der Waals surface area contributed by atoms with Gasteiger partial charge in [-0.15, -0.1) is 0 Å². The molecular weight excluding hydrogens is 487 g/mol. The molecule has 1 aliphatic carbocycles. The number of amides is 2. The van der Waals surface area contributed by atoms with E-state index in [2.05, 4.69) is 5.32 Å². The summed E-state index contributed by atoms with van der Waals surface area (Å²) in [6, 6.07) is 15.3. The first kappa shape index (κ1) is 24.7. The number of halogens is 1. The number of fused-ring (bicyclic) bond motifs is 1. The van der Waals surface area contributed by atoms with Crippen LogP contribution in [0.15, 0.2) is 59.0 Å². The fourth-order valence-corrected chi connectivity index (χ4v) is 5.35. The standard InChI is InChI=1S/C30H31FN2O5/c31-22-4-1-3-21(15-22)28-26-16-23(9-8-19(26)12-13-33(28)30(35)20-6-7-20)37-18-25-10-11-27(38-25)29(34)32-17-24-5-2-14-36-24/h1,3-4,8-11,15-16,20,24,28H,2,5-7,12-14,17-18H2,(H,32,34). The van der Waals surface area contributed by atoms with Crippen LogP contribution in [0.5, 0.6) is 5.75 Å². The van der Waals surface area contributed by atoms with Gasteiger partial charge in [-0.2, -0.15) is 0 Å². The first-order valence-corrected chi connectivity index (χ1v) is 13.4. The number of carbonyl (C=O) groups excluding carboxylic acids is 2. The largest absolute Gasteiger partial charge is 0.486 e. The molecule has 1 saturated carbocycles. The van der Waals surface area contributed by atoms with E-state index in [4.69, 9.17) is 13.9 Å². The quantitative estimate of drug-likeness (QED) is 0.464. The van der Waals surface area contributed by atoms with Crippen LogP contribution in [0.2, 0.25) is 0 Å². The molecule has 1 N–H and O–H groups in total. The molecule has 2 unspecified atom stereocenters. The molecule has 6 rings (SSSR count). The van der Waals surface area contributed by atoms with Gasteiger partial charge >= 0.3 is 0 Å². The lowest BCUT2D eigenvalue weighted by Gasteiger charge is -2.38. The molecule has 0 radical (unpaired) electrons. The molecule has 198 valence electrons. The van der Waals surface area contributed by atoms with Crippen LogP contribution in [0.4, 0.5) is 4.39 Å². The molecule has 2 atom stereocenters. The SMILES string of the molecule is O=C(NCC1CCCO1)c1ccc(COc2ccc3c(c2)C(c2cccc(F)c2)N(C(=O)C2CC2)CC3)o1. The van der Waals surface area contributed by atoms with Gasteiger partial charge in [0.2, 0.25) is 5.91 Å². The van der Waals surface area contributed by atoms with Gasteiger partial charge in [0.15, 0.2) is 5.76 Å². The minimum absolute atomic E-state index is 0.0624. The lowest BCUT2D eigenvalue weighted by molar-refractivity contribution is -0.134. The van der Waals surface area contributed by atoms with Crippen molar-refractivity contribution in [2.45, 2.75) is 50.9 Å². The molecule has 2 aliphatic heterocycles. The highest BCUT2D eigenvalue weighted by molar-refractivity contribution is 5.91. The average Bonchev–Trinajstić information content (AvgIpc) is 3.44. The minimum atomic E-state index is -0.367. The zero-order valence-corrected chi connectivity index (χ0v) is 21.2. The van der Waals surface area contributed by atoms with Crippen LogP contribution in [0.3, 0.4) is 0 Å². The zero-order valence-electron chi connectivity index (χ0n) is 21.2. The number of ether oxygens (including phenoxy) is 2. The maximum Gasteiger partial charge on any atom is 0.287 e. The number of nitrogens with one attached hydrogen (secondary N) is 1. The molecule has 3 heterocycles. The molecule has 3 aliphatic rings. The highest BCUT2D eigenvalue weighted by Gasteiger charge is 2.39. The van der Waals surface area contributed by atoms with E-state index in [0.717, 1.165) is 55.4 Å². The molecule has 3 aromatic rings. The summed E-state index contributed by atoms with van der Waals surface area (Å²) in [5, 5.41) is 2.85. The van der Waals surface area contributed by atoms with Gasteiger partial charge in [-0.1, -0.05) is 18.2 Å². The smallest absolute Gasteiger partial charge is 0.287 e. The van der Waals surface area contributed by atoms with Crippen LogP contribution >= 0.6 is 0 Å². The number of rotatable bonds is 8. The third kappa shape index (κ3) is 5.31. The fraction of sp³-hybridized carbons (Fsp3) is 0.400. The third-order valence-electron chi connectivity index (χ3n) is 7.50. The van der Waals surface area contributed by atoms with Crippen molar-refractivity contribution in [2.75, 3.05) is 19.7 Å². The number of nitrogens with zero attached hydrogens (tertiary/aromatic N) is 1. The van der Waals surface area contributed by atoms with Gasteiger partial charge in [-0.25, -0.2) is 4.39 Å². The zero-order chi connectivity index (χ0) is 26.1. The molecular formula is C30H31FN2O5. The normalized spacial score (nSPS) is 20.7. The van der Waals surface area contributed by atoms with E-state index in [1.807, 2.05) is 29.2 Å². The van der Waals surface area contributed by atoms with E-state index < -0.39 is 0 Å². The molecule has 38 heavy (non-hydrogen) atoms. The van der Waals surface area contributed by atoms with Crippen LogP contribution in [0.1, 0.15) is 64.7 Å². The van der Waals surface area contributed by atoms with Crippen molar-refractivity contribution in [3.05, 3.63) is 88.6 Å². The second kappa shape index (κ2) is 10.6. The topological polar surface area (TPSA) is 81.0 Å². The Morgan fingerprint density at radius 3 is 2.76 bits per heavy atom. The monoisotopic (exact) mass is 518 g/mol. The number of benzene rings is 2. The molecule has 1 aromatic heterocycles. The van der Waals surface area contributed by atoms with E-state index >= 15 is 0 Å². The van der Waals surface area contributed by atoms with Crippen molar-refractivity contribution in [3.63, 3.8) is 0 Å². The van der Waals surface area contributed by atoms with E-state index in [-0.39, 0.29) is 48.1 Å². The average molecular weight is 519 g/mol. The number of hydrogen-bond acceptors (Lipinski definition) is 5. The summed E-state index contributed by atoms with van der Waals surface area (Å²) in [5.41, 5.74) is 2.82. The Kier molecular flexibility index (Phi) is 6.89. The lowest BCUT2D eigenvalue weighted by Crippen LogP contribution is -2.41. The Morgan fingerprint density at radius 2 is 1.97 bits per heavy atom. The van der Waals surface area contributed by atoms with E-state index in [1.54, 1.807) is 18.2 Å². The molecule has 8 heteroatoms. The second-order valence-electron chi connectivity index (χ2n) is 10.3. The first-order chi connectivity index (χ1) is 18.5. The van der Waals surface area contributed by atoms with Gasteiger partial charge in [-0.3, -0.25) is 9.59 Å². The maximum atomic E-state index is 14.2. The highest BCUT2D eigenvalue weighted by Crippen LogP contribution is 2.41. The summed E-state index contributed by atoms with van der Waals surface area (Å²) in [4.78, 5) is 27.5. The molecule has 0 spiro atoms. The lowest BCUT2D eigenvalue weighted by atomic mass is 9.87. The van der Waals surface area contributed by atoms with E-state index in [1.165, 1.54) is 12.1 Å². The molecule has 1 saturated heterocycles. The van der Waals surface area contributed by atoms with Gasteiger partial charge in [0.25, 0.3) is 5.91 Å². The number of furan rings is 1. The number of carbonyl (C=O) groups is 2. The van der Waals surface area contributed by atoms with Crippen LogP contribution in [-0.2, 0) is 22.6 Å². The van der Waals surface area contributed by atoms with Gasteiger partial charge in [0.1, 0.15) is 23.9 Å². The van der Waals surface area contributed by atoms with Gasteiger partial charge in [0.05, 0.1) is 12.1 Å². The van der Waals surface area contributed by atoms with Crippen molar-refractivity contribution < 1.29 is 27.9 Å². The summed E-state index contributed by atoms with van der Waals surface area (Å²) < 4.78 is 31.5. The van der Waals surface area contributed by atoms with Crippen molar-refractivity contribution in [3.8, 4) is 5.75 Å². The van der Waals surface area contributed by atoms with E-state index in [9.17, 15) is 14.0 Å². The van der Waals surface area contributed by atoms with Crippen LogP contribution in [0, 0.1) is 11.7 Å². The predicted molar refractivity (Wildman–Crippen MR) is 137 cm³/mol. The van der Waals surface area contributed by atoms with Crippen molar-refractivity contribution in [2.24, 2.45) is 5.92 Å². The van der Waals surface area contributed by atoms with Gasteiger partial charge < -0.3 is 24.1 Å². The van der Waals surface area contributed by atoms with Gasteiger partial charge in [0, 0.05) is 25.6 Å². The predicted octanol–water partition coefficient (Wildman–Crippen LogP) is 4.79. The number of hydrogen-bond donors (Lipinski definition) is 1. The second-order valence-corrected chi connectivity index (χ2v) is 10.3. The van der Waals surface area contributed by atoms with Crippen LogP contribution in [0.25, 0.3) is 0 Å². The molecule has 7 nitrogen and oxygen atoms in total. The summed E-state index contributed by atoms with van der Waals surface area (Å²) in [6.45, 7) is 1.96. The Labute approximate surface area is 220 Å². The van der Waals surface area contributed by atoms with Crippen LogP contribution in [-0.4, -0.2) is 42.5 Å². The summed E-state index contributed by atoms with van der Waals surface area (Å²) in [7, 11) is 0. The Balaban J connectivity index is 1.17. The third-order valence-corrected chi connectivity index (χ3v) is 7.50. The van der Waals surface area contributed by atoms with Crippen molar-refractivity contribution >= 4 is 11.8 Å². The van der Waals surface area contributed by atoms with Crippen molar-refractivity contribution in [1.29, 1.82) is 0 Å². The molecule has 2 aromatic carbocycles. The van der Waals surface area contributed by atoms with E-state index in [0.29, 0.717) is 24.6 Å². The first-order valence-electron chi connectivity index (χ1n) is 13.4. The molecule has 0 bridgehead atoms. The Hall–Kier alpha value is -3.65. The minimum Gasteiger partial charge on any atom is -0.486 e. The summed E-state index contributed by atoms with van der Waals surface area (Å²) in [5.74, 6) is 0.977. The molecule has 2 amide bonds. The molecule has 2 fully saturated rings. The Morgan fingerprint density at radius 1 is 1.08 bits per heavy atom. The summed E-state index contributed by atoms with van der Waals surface area (Å²) in [6.07, 6.45) is 4.60.